The third-order valence-corrected chi connectivity index (χ3v) is 26.8. The normalized spacial score (nSPS) is 12.7. The summed E-state index contributed by atoms with van der Waals surface area (Å²) >= 11 is 0. The molecule has 1 aliphatic carbocycles. The molecule has 9 nitrogen and oxygen atoms in total. The minimum Gasteiger partial charge on any atom is -0.456 e. The molecule has 0 radical (unpaired) electrons. The molecule has 9 heteroatoms. The molecule has 0 spiro atoms. The molecule has 1 aliphatic rings. The van der Waals surface area contributed by atoms with Gasteiger partial charge in [0.1, 0.15) is 67.0 Å². The monoisotopic (exact) mass is 1610 g/mol. The first-order valence-electron chi connectivity index (χ1n) is 43.0. The number of hydrogen-bond donors (Lipinski definition) is 0. The smallest absolute Gasteiger partial charge is 0.145 e. The van der Waals surface area contributed by atoms with E-state index in [0.717, 1.165) is 198 Å². The molecule has 590 valence electrons. The summed E-state index contributed by atoms with van der Waals surface area (Å²) in [6.07, 6.45) is 0. The van der Waals surface area contributed by atoms with E-state index >= 15 is 0 Å². The Morgan fingerprint density at radius 1 is 0.175 bits per heavy atom. The van der Waals surface area contributed by atoms with Gasteiger partial charge in [-0.1, -0.05) is 250 Å². The fourth-order valence-electron chi connectivity index (χ4n) is 21.0. The van der Waals surface area contributed by atoms with Crippen LogP contribution in [0, 0.1) is 0 Å². The molecule has 0 atom stereocenters. The zero-order valence-electron chi connectivity index (χ0n) is 68.3. The van der Waals surface area contributed by atoms with Gasteiger partial charge in [0.15, 0.2) is 0 Å². The highest BCUT2D eigenvalue weighted by Crippen LogP contribution is 2.53. The highest BCUT2D eigenvalue weighted by molar-refractivity contribution is 6.27. The molecule has 0 amide bonds. The predicted octanol–water partition coefficient (Wildman–Crippen LogP) is 33.1. The first-order chi connectivity index (χ1) is 62.2. The lowest BCUT2D eigenvalue weighted by molar-refractivity contribution is 0.660. The molecule has 0 fully saturated rings. The average molecular weight is 1610 g/mol. The highest BCUT2D eigenvalue weighted by Gasteiger charge is 2.37. The minimum absolute atomic E-state index is 0.173. The Balaban J connectivity index is 0.0000000990. The second-order valence-corrected chi connectivity index (χ2v) is 34.0. The predicted molar refractivity (Wildman–Crippen MR) is 520 cm³/mol. The Hall–Kier alpha value is -16.6. The van der Waals surface area contributed by atoms with Gasteiger partial charge in [-0.3, -0.25) is 0 Å². The lowest BCUT2D eigenvalue weighted by Gasteiger charge is -2.23. The van der Waals surface area contributed by atoms with E-state index in [-0.39, 0.29) is 5.41 Å². The van der Waals surface area contributed by atoms with E-state index in [0.29, 0.717) is 0 Å². The van der Waals surface area contributed by atoms with E-state index in [1.807, 2.05) is 66.7 Å². The van der Waals surface area contributed by atoms with Gasteiger partial charge in [0.2, 0.25) is 0 Å². The lowest BCUT2D eigenvalue weighted by atomic mass is 9.81. The summed E-state index contributed by atoms with van der Waals surface area (Å²) < 4.78 is 45.0. The first-order valence-corrected chi connectivity index (χ1v) is 43.0. The van der Waals surface area contributed by atoms with E-state index in [9.17, 15) is 0 Å². The van der Waals surface area contributed by atoms with E-state index in [1.165, 1.54) is 71.7 Å². The van der Waals surface area contributed by atoms with Gasteiger partial charge in [-0.2, -0.15) is 0 Å². The maximum atomic E-state index is 6.54. The summed E-state index contributed by atoms with van der Waals surface area (Å²) in [4.78, 5) is 0. The molecule has 0 N–H and O–H groups in total. The third kappa shape index (κ3) is 10.3. The summed E-state index contributed by atoms with van der Waals surface area (Å²) in [6, 6.07) is 140. The van der Waals surface area contributed by atoms with Crippen molar-refractivity contribution in [2.24, 2.45) is 0 Å². The number of benzene rings is 19. The standard InChI is InChI=1S/C45H29NO2.2C36H21NO2/c1-45(2)36-24-27(26-16-22-42-35(23-26)32-10-5-7-13-40(32)47-42)15-18-29(36)30-19-17-28(25-37(30)45)46-38-12-6-3-11-34(38)43-39(46)21-20-33-31-9-4-8-14-41(31)48-44(33)43;1-4-10-30-28(9-1)35-31(19-18-27-25-7-2-6-12-33(25)39-36(27)35)37(30)24-16-13-22(14-17-24)23-15-20-34-29(21-23)26-8-3-5-11-32(26)38-34;1-4-13-30-29(10-1)34-31(21-20-28-26-9-3-6-15-33(26)39-36(28)34)37(30)23-18-16-22(17-19-23)24-11-7-12-27-25-8-2-5-14-32(25)38-35(24)27/h3-25H,1-2H3;2*1-21H. The van der Waals surface area contributed by atoms with Crippen LogP contribution in [0.1, 0.15) is 25.0 Å². The fraction of sp³-hybridized carbons (Fsp3) is 0.0256. The second kappa shape index (κ2) is 26.7. The third-order valence-electron chi connectivity index (χ3n) is 26.8. The van der Waals surface area contributed by atoms with Crippen molar-refractivity contribution < 1.29 is 26.5 Å². The van der Waals surface area contributed by atoms with Crippen molar-refractivity contribution >= 4 is 197 Å². The van der Waals surface area contributed by atoms with Gasteiger partial charge in [0.05, 0.1) is 49.3 Å². The van der Waals surface area contributed by atoms with Crippen LogP contribution >= 0.6 is 0 Å². The van der Waals surface area contributed by atoms with E-state index in [1.54, 1.807) is 0 Å². The van der Waals surface area contributed by atoms with Gasteiger partial charge in [-0.05, 0) is 208 Å². The summed E-state index contributed by atoms with van der Waals surface area (Å²) in [7, 11) is 0. The van der Waals surface area contributed by atoms with Crippen molar-refractivity contribution in [3.8, 4) is 61.6 Å². The number of aromatic nitrogens is 3. The molecule has 9 heterocycles. The highest BCUT2D eigenvalue weighted by atomic mass is 16.3. The molecular formula is C117H71N3O6. The molecule has 0 bridgehead atoms. The van der Waals surface area contributed by atoms with Crippen LogP contribution in [-0.2, 0) is 5.41 Å². The van der Waals surface area contributed by atoms with Crippen LogP contribution in [0.25, 0.3) is 259 Å². The van der Waals surface area contributed by atoms with Crippen molar-refractivity contribution in [1.29, 1.82) is 0 Å². The summed E-state index contributed by atoms with van der Waals surface area (Å²) in [6.45, 7) is 4.73. The van der Waals surface area contributed by atoms with E-state index in [4.69, 9.17) is 26.5 Å². The molecule has 9 aromatic heterocycles. The molecule has 126 heavy (non-hydrogen) atoms. The van der Waals surface area contributed by atoms with Crippen LogP contribution < -0.4 is 0 Å². The fourth-order valence-corrected chi connectivity index (χ4v) is 21.0. The van der Waals surface area contributed by atoms with Crippen LogP contribution in [-0.4, -0.2) is 13.7 Å². The molecule has 0 unspecified atom stereocenters. The van der Waals surface area contributed by atoms with Crippen molar-refractivity contribution in [1.82, 2.24) is 13.7 Å². The Kier molecular flexibility index (Phi) is 14.8. The second-order valence-electron chi connectivity index (χ2n) is 34.0. The van der Waals surface area contributed by atoms with Gasteiger partial charge in [0, 0.05) is 109 Å². The Labute approximate surface area is 718 Å². The largest absolute Gasteiger partial charge is 0.456 e. The van der Waals surface area contributed by atoms with Crippen LogP contribution in [0.5, 0.6) is 0 Å². The van der Waals surface area contributed by atoms with Crippen LogP contribution in [0.4, 0.5) is 0 Å². The van der Waals surface area contributed by atoms with Gasteiger partial charge in [-0.25, -0.2) is 0 Å². The molecule has 28 aromatic rings. The van der Waals surface area contributed by atoms with Gasteiger partial charge < -0.3 is 40.2 Å². The van der Waals surface area contributed by atoms with Crippen LogP contribution in [0.2, 0.25) is 0 Å². The molecule has 0 saturated heterocycles. The molecule has 0 aliphatic heterocycles. The average Bonchev–Trinajstić information content (AvgIpc) is 1.56. The summed E-state index contributed by atoms with van der Waals surface area (Å²) in [5.41, 5.74) is 33.6. The SMILES string of the molecule is CC1(C)c2cc(-c3ccc4oc5ccccc5c4c3)ccc2-c2ccc(-n3c4ccccc4c4c5oc6ccccc6c5ccc43)cc21.c1ccc2c(c1)oc1c(-c3ccc(-n4c5ccccc5c5c6oc7ccccc7c6ccc54)cc3)cccc12.c1ccc2c(c1)oc1ccc(-c3ccc(-n4c5ccccc5c5c6oc7ccccc7c6ccc54)cc3)cc12. The quantitative estimate of drug-likeness (QED) is 0.165. The topological polar surface area (TPSA) is 93.6 Å². The van der Waals surface area contributed by atoms with Crippen molar-refractivity contribution in [3.63, 3.8) is 0 Å². The number of para-hydroxylation sites is 10. The number of fused-ring (bicyclic) bond motifs is 33. The van der Waals surface area contributed by atoms with E-state index in [2.05, 4.69) is 355 Å². The van der Waals surface area contributed by atoms with Crippen molar-refractivity contribution in [3.05, 3.63) is 405 Å². The van der Waals surface area contributed by atoms with Crippen LogP contribution in [0.15, 0.2) is 421 Å². The summed E-state index contributed by atoms with van der Waals surface area (Å²) in [5.74, 6) is 0. The molecule has 19 aromatic carbocycles. The van der Waals surface area contributed by atoms with Crippen molar-refractivity contribution in [2.45, 2.75) is 19.3 Å². The van der Waals surface area contributed by atoms with Gasteiger partial charge >= 0.3 is 0 Å². The molecular weight excluding hydrogens is 1540 g/mol. The lowest BCUT2D eigenvalue weighted by Crippen LogP contribution is -2.15. The summed E-state index contributed by atoms with van der Waals surface area (Å²) in [5, 5.41) is 20.8. The number of rotatable bonds is 6. The van der Waals surface area contributed by atoms with E-state index < -0.39 is 0 Å². The number of furan rings is 6. The first kappa shape index (κ1) is 70.1. The maximum absolute atomic E-state index is 6.54. The van der Waals surface area contributed by atoms with Crippen LogP contribution in [0.3, 0.4) is 0 Å². The zero-order valence-corrected chi connectivity index (χ0v) is 68.3. The van der Waals surface area contributed by atoms with Gasteiger partial charge in [0.25, 0.3) is 0 Å². The van der Waals surface area contributed by atoms with Crippen molar-refractivity contribution in [2.75, 3.05) is 0 Å². The Morgan fingerprint density at radius 2 is 0.468 bits per heavy atom. The maximum Gasteiger partial charge on any atom is 0.145 e. The van der Waals surface area contributed by atoms with Gasteiger partial charge in [-0.15, -0.1) is 0 Å². The number of hydrogen-bond acceptors (Lipinski definition) is 6. The molecule has 29 rings (SSSR count). The number of nitrogens with zero attached hydrogens (tertiary/aromatic N) is 3. The molecule has 0 saturated carbocycles. The minimum atomic E-state index is -0.173. The Bertz CT molecular complexity index is 9460. The Morgan fingerprint density at radius 3 is 0.905 bits per heavy atom. The zero-order chi connectivity index (χ0) is 82.7.